The van der Waals surface area contributed by atoms with Crippen LogP contribution in [-0.2, 0) is 29.0 Å². The predicted octanol–water partition coefficient (Wildman–Crippen LogP) is 4.93. The van der Waals surface area contributed by atoms with Gasteiger partial charge in [0.1, 0.15) is 17.6 Å². The molecule has 0 heterocycles. The molecule has 0 aliphatic heterocycles. The number of ether oxygens (including phenoxy) is 1. The van der Waals surface area contributed by atoms with Gasteiger partial charge in [0.05, 0.1) is 13.5 Å². The van der Waals surface area contributed by atoms with E-state index in [1.165, 1.54) is 12.1 Å². The molecule has 1 N–H and O–H groups in total. The molecule has 0 fully saturated rings. The van der Waals surface area contributed by atoms with Crippen molar-refractivity contribution in [2.45, 2.75) is 51.7 Å². The second-order valence-electron chi connectivity index (χ2n) is 8.70. The van der Waals surface area contributed by atoms with Crippen LogP contribution in [0.4, 0.5) is 4.39 Å². The van der Waals surface area contributed by atoms with Crippen molar-refractivity contribution in [1.29, 1.82) is 0 Å². The van der Waals surface area contributed by atoms with Crippen molar-refractivity contribution in [2.24, 2.45) is 0 Å². The highest BCUT2D eigenvalue weighted by Gasteiger charge is 2.31. The molecular formula is C29H33FN2O3. The highest BCUT2D eigenvalue weighted by atomic mass is 19.1. The van der Waals surface area contributed by atoms with Crippen LogP contribution in [0.5, 0.6) is 5.75 Å². The number of hydrogen-bond donors (Lipinski definition) is 1. The van der Waals surface area contributed by atoms with Gasteiger partial charge in [-0.2, -0.15) is 0 Å². The minimum atomic E-state index is -0.717. The second kappa shape index (κ2) is 12.7. The summed E-state index contributed by atoms with van der Waals surface area (Å²) in [7, 11) is 1.59. The lowest BCUT2D eigenvalue weighted by Crippen LogP contribution is -2.52. The number of halogens is 1. The first-order chi connectivity index (χ1) is 16.9. The maximum atomic E-state index is 13.7. The van der Waals surface area contributed by atoms with Crippen molar-refractivity contribution in [3.63, 3.8) is 0 Å². The SMILES string of the molecule is CC[C@H](C)NC(=O)[C@H](Cc1ccccc1)N(Cc1cccc(OC)c1)C(=O)Cc1ccc(F)cc1. The van der Waals surface area contributed by atoms with Crippen molar-refractivity contribution < 1.29 is 18.7 Å². The Labute approximate surface area is 206 Å². The van der Waals surface area contributed by atoms with E-state index in [9.17, 15) is 14.0 Å². The molecule has 0 aliphatic rings. The van der Waals surface area contributed by atoms with Crippen molar-refractivity contribution in [3.8, 4) is 5.75 Å². The zero-order valence-electron chi connectivity index (χ0n) is 20.5. The van der Waals surface area contributed by atoms with Gasteiger partial charge in [-0.3, -0.25) is 9.59 Å². The monoisotopic (exact) mass is 476 g/mol. The normalized spacial score (nSPS) is 12.5. The molecule has 184 valence electrons. The highest BCUT2D eigenvalue weighted by molar-refractivity contribution is 5.89. The molecule has 6 heteroatoms. The van der Waals surface area contributed by atoms with E-state index in [0.29, 0.717) is 17.7 Å². The Morgan fingerprint density at radius 1 is 0.943 bits per heavy atom. The number of carbonyl (C=O) groups is 2. The van der Waals surface area contributed by atoms with Gasteiger partial charge in [0.25, 0.3) is 0 Å². The number of nitrogens with zero attached hydrogens (tertiary/aromatic N) is 1. The zero-order valence-corrected chi connectivity index (χ0v) is 20.5. The summed E-state index contributed by atoms with van der Waals surface area (Å²) in [6.07, 6.45) is 1.22. The van der Waals surface area contributed by atoms with Gasteiger partial charge in [0.2, 0.25) is 11.8 Å². The molecular weight excluding hydrogens is 443 g/mol. The van der Waals surface area contributed by atoms with Crippen LogP contribution >= 0.6 is 0 Å². The van der Waals surface area contributed by atoms with Crippen molar-refractivity contribution in [1.82, 2.24) is 10.2 Å². The molecule has 3 rings (SSSR count). The van der Waals surface area contributed by atoms with Crippen molar-refractivity contribution in [2.75, 3.05) is 7.11 Å². The third kappa shape index (κ3) is 7.67. The first kappa shape index (κ1) is 25.9. The molecule has 0 saturated carbocycles. The van der Waals surface area contributed by atoms with Crippen LogP contribution in [0.1, 0.15) is 37.0 Å². The Balaban J connectivity index is 1.97. The second-order valence-corrected chi connectivity index (χ2v) is 8.70. The largest absolute Gasteiger partial charge is 0.497 e. The third-order valence-corrected chi connectivity index (χ3v) is 6.03. The molecule has 0 aliphatic carbocycles. The summed E-state index contributed by atoms with van der Waals surface area (Å²) in [6, 6.07) is 22.3. The van der Waals surface area contributed by atoms with Crippen LogP contribution in [0.3, 0.4) is 0 Å². The summed E-state index contributed by atoms with van der Waals surface area (Å²) < 4.78 is 18.8. The Morgan fingerprint density at radius 3 is 2.29 bits per heavy atom. The maximum absolute atomic E-state index is 13.7. The number of benzene rings is 3. The van der Waals surface area contributed by atoms with Gasteiger partial charge in [-0.15, -0.1) is 0 Å². The highest BCUT2D eigenvalue weighted by Crippen LogP contribution is 2.20. The van der Waals surface area contributed by atoms with Gasteiger partial charge >= 0.3 is 0 Å². The molecule has 0 aromatic heterocycles. The first-order valence-corrected chi connectivity index (χ1v) is 11.9. The molecule has 0 spiro atoms. The fourth-order valence-corrected chi connectivity index (χ4v) is 3.84. The van der Waals surface area contributed by atoms with Crippen LogP contribution in [0.25, 0.3) is 0 Å². The van der Waals surface area contributed by atoms with Gasteiger partial charge in [0, 0.05) is 19.0 Å². The van der Waals surface area contributed by atoms with E-state index in [1.807, 2.05) is 68.4 Å². The van der Waals surface area contributed by atoms with Crippen LogP contribution < -0.4 is 10.1 Å². The molecule has 0 saturated heterocycles. The first-order valence-electron chi connectivity index (χ1n) is 11.9. The fourth-order valence-electron chi connectivity index (χ4n) is 3.84. The van der Waals surface area contributed by atoms with E-state index in [0.717, 1.165) is 17.5 Å². The number of hydrogen-bond acceptors (Lipinski definition) is 3. The van der Waals surface area contributed by atoms with Crippen LogP contribution in [-0.4, -0.2) is 35.9 Å². The number of rotatable bonds is 11. The summed E-state index contributed by atoms with van der Waals surface area (Å²) in [4.78, 5) is 28.8. The Bertz CT molecular complexity index is 1100. The van der Waals surface area contributed by atoms with Crippen molar-refractivity contribution in [3.05, 3.63) is 101 Å². The molecule has 0 unspecified atom stereocenters. The van der Waals surface area contributed by atoms with Gasteiger partial charge in [-0.25, -0.2) is 4.39 Å². The van der Waals surface area contributed by atoms with Crippen LogP contribution in [0, 0.1) is 5.82 Å². The van der Waals surface area contributed by atoms with Crippen LogP contribution in [0.2, 0.25) is 0 Å². The van der Waals surface area contributed by atoms with Gasteiger partial charge in [-0.1, -0.05) is 61.5 Å². The van der Waals surface area contributed by atoms with Gasteiger partial charge < -0.3 is 15.0 Å². The summed E-state index contributed by atoms with van der Waals surface area (Å²) in [5.74, 6) is -0.0837. The van der Waals surface area contributed by atoms with Gasteiger partial charge in [0.15, 0.2) is 0 Å². The van der Waals surface area contributed by atoms with E-state index < -0.39 is 6.04 Å². The van der Waals surface area contributed by atoms with E-state index in [2.05, 4.69) is 5.32 Å². The minimum absolute atomic E-state index is 0.0216. The quantitative estimate of drug-likeness (QED) is 0.427. The fraction of sp³-hybridized carbons (Fsp3) is 0.310. The topological polar surface area (TPSA) is 58.6 Å². The number of carbonyl (C=O) groups excluding carboxylic acids is 2. The number of methoxy groups -OCH3 is 1. The van der Waals surface area contributed by atoms with E-state index in [-0.39, 0.29) is 36.6 Å². The van der Waals surface area contributed by atoms with E-state index >= 15 is 0 Å². The standard InChI is InChI=1S/C29H33FN2O3/c1-4-21(2)31-29(34)27(18-22-9-6-5-7-10-22)32(20-24-11-8-12-26(17-24)35-3)28(33)19-23-13-15-25(30)16-14-23/h5-17,21,27H,4,18-20H2,1-3H3,(H,31,34)/t21-,27-/m0/s1. The molecule has 3 aromatic carbocycles. The lowest BCUT2D eigenvalue weighted by Gasteiger charge is -2.32. The molecule has 2 atom stereocenters. The molecule has 0 bridgehead atoms. The molecule has 0 radical (unpaired) electrons. The summed E-state index contributed by atoms with van der Waals surface area (Å²) in [6.45, 7) is 4.19. The smallest absolute Gasteiger partial charge is 0.243 e. The Hall–Kier alpha value is -3.67. The summed E-state index contributed by atoms with van der Waals surface area (Å²) >= 11 is 0. The van der Waals surface area contributed by atoms with E-state index in [4.69, 9.17) is 4.74 Å². The third-order valence-electron chi connectivity index (χ3n) is 6.03. The predicted molar refractivity (Wildman–Crippen MR) is 135 cm³/mol. The summed E-state index contributed by atoms with van der Waals surface area (Å²) in [5.41, 5.74) is 2.50. The van der Waals surface area contributed by atoms with Crippen LogP contribution in [0.15, 0.2) is 78.9 Å². The number of amides is 2. The zero-order chi connectivity index (χ0) is 25.2. The summed E-state index contributed by atoms with van der Waals surface area (Å²) in [5, 5.41) is 3.06. The Kier molecular flexibility index (Phi) is 9.41. The van der Waals surface area contributed by atoms with E-state index in [1.54, 1.807) is 24.1 Å². The minimum Gasteiger partial charge on any atom is -0.497 e. The molecule has 5 nitrogen and oxygen atoms in total. The average Bonchev–Trinajstić information content (AvgIpc) is 2.88. The lowest BCUT2D eigenvalue weighted by atomic mass is 10.0. The van der Waals surface area contributed by atoms with Gasteiger partial charge in [-0.05, 0) is 54.3 Å². The Morgan fingerprint density at radius 2 is 1.63 bits per heavy atom. The number of nitrogens with one attached hydrogen (secondary N) is 1. The maximum Gasteiger partial charge on any atom is 0.243 e. The molecule has 3 aromatic rings. The molecule has 35 heavy (non-hydrogen) atoms. The lowest BCUT2D eigenvalue weighted by molar-refractivity contribution is -0.141. The average molecular weight is 477 g/mol. The molecule has 2 amide bonds. The van der Waals surface area contributed by atoms with Crippen molar-refractivity contribution >= 4 is 11.8 Å².